The molecular weight excluding hydrogens is 238 g/mol. The van der Waals surface area contributed by atoms with Crippen LogP contribution in [0.5, 0.6) is 11.5 Å². The first-order chi connectivity index (χ1) is 9.19. The number of para-hydroxylation sites is 1. The summed E-state index contributed by atoms with van der Waals surface area (Å²) in [5.74, 6) is 1.24. The third-order valence-electron chi connectivity index (χ3n) is 2.61. The smallest absolute Gasteiger partial charge is 0.247 e. The lowest BCUT2D eigenvalue weighted by molar-refractivity contribution is -0.111. The fourth-order valence-electron chi connectivity index (χ4n) is 1.60. The van der Waals surface area contributed by atoms with Gasteiger partial charge in [0.15, 0.2) is 0 Å². The molecule has 0 radical (unpaired) electrons. The third-order valence-corrected chi connectivity index (χ3v) is 2.61. The summed E-state index contributed by atoms with van der Waals surface area (Å²) in [5.41, 5.74) is 1.68. The number of hydrogen-bond acceptors (Lipinski definition) is 2. The Morgan fingerprint density at radius 2 is 1.95 bits per heavy atom. The quantitative estimate of drug-likeness (QED) is 0.839. The molecule has 2 rings (SSSR count). The van der Waals surface area contributed by atoms with Crippen LogP contribution in [0, 0.1) is 6.92 Å². The van der Waals surface area contributed by atoms with Crippen LogP contribution in [0.3, 0.4) is 0 Å². The summed E-state index contributed by atoms with van der Waals surface area (Å²) in [4.78, 5) is 11.3. The zero-order valence-electron chi connectivity index (χ0n) is 10.7. The van der Waals surface area contributed by atoms with Crippen molar-refractivity contribution in [3.05, 3.63) is 66.7 Å². The van der Waals surface area contributed by atoms with Crippen molar-refractivity contribution in [2.75, 3.05) is 5.32 Å². The number of amides is 1. The molecule has 0 bridgehead atoms. The molecule has 0 unspecified atom stereocenters. The van der Waals surface area contributed by atoms with Crippen molar-refractivity contribution >= 4 is 11.6 Å². The van der Waals surface area contributed by atoms with E-state index in [-0.39, 0.29) is 5.91 Å². The number of ether oxygens (including phenoxy) is 1. The Bertz CT molecular complexity index is 591. The van der Waals surface area contributed by atoms with Gasteiger partial charge in [-0.2, -0.15) is 0 Å². The second-order valence-corrected chi connectivity index (χ2v) is 4.09. The van der Waals surface area contributed by atoms with E-state index in [2.05, 4.69) is 11.9 Å². The predicted molar refractivity (Wildman–Crippen MR) is 76.5 cm³/mol. The number of benzene rings is 2. The summed E-state index contributed by atoms with van der Waals surface area (Å²) >= 11 is 0. The number of anilines is 1. The highest BCUT2D eigenvalue weighted by Gasteiger charge is 2.04. The highest BCUT2D eigenvalue weighted by molar-refractivity contribution is 5.99. The van der Waals surface area contributed by atoms with Gasteiger partial charge in [0.2, 0.25) is 5.91 Å². The van der Waals surface area contributed by atoms with Crippen molar-refractivity contribution in [2.45, 2.75) is 6.92 Å². The molecule has 0 spiro atoms. The summed E-state index contributed by atoms with van der Waals surface area (Å²) in [5, 5.41) is 2.71. The normalized spacial score (nSPS) is 9.74. The molecule has 0 aliphatic carbocycles. The molecule has 2 aromatic carbocycles. The van der Waals surface area contributed by atoms with Crippen molar-refractivity contribution in [1.29, 1.82) is 0 Å². The van der Waals surface area contributed by atoms with E-state index >= 15 is 0 Å². The fraction of sp³-hybridized carbons (Fsp3) is 0.0625. The molecular formula is C16H15NO2. The molecule has 1 N–H and O–H groups in total. The molecule has 3 nitrogen and oxygen atoms in total. The van der Waals surface area contributed by atoms with E-state index in [0.29, 0.717) is 11.4 Å². The van der Waals surface area contributed by atoms with Crippen LogP contribution in [-0.4, -0.2) is 5.91 Å². The van der Waals surface area contributed by atoms with Gasteiger partial charge in [0.1, 0.15) is 11.5 Å². The monoisotopic (exact) mass is 253 g/mol. The Kier molecular flexibility index (Phi) is 3.98. The second-order valence-electron chi connectivity index (χ2n) is 4.09. The molecule has 1 amide bonds. The summed E-state index contributed by atoms with van der Waals surface area (Å²) in [7, 11) is 0. The van der Waals surface area contributed by atoms with E-state index in [0.717, 1.165) is 11.3 Å². The van der Waals surface area contributed by atoms with Crippen molar-refractivity contribution in [3.63, 3.8) is 0 Å². The van der Waals surface area contributed by atoms with E-state index in [9.17, 15) is 4.79 Å². The van der Waals surface area contributed by atoms with Gasteiger partial charge in [-0.1, -0.05) is 30.8 Å². The van der Waals surface area contributed by atoms with Gasteiger partial charge in [-0.3, -0.25) is 4.79 Å². The summed E-state index contributed by atoms with van der Waals surface area (Å²) in [6, 6.07) is 15.0. The van der Waals surface area contributed by atoms with Gasteiger partial charge in [-0.05, 0) is 36.8 Å². The number of rotatable bonds is 4. The van der Waals surface area contributed by atoms with Crippen LogP contribution in [0.2, 0.25) is 0 Å². The minimum atomic E-state index is -0.241. The van der Waals surface area contributed by atoms with Crippen molar-refractivity contribution in [2.24, 2.45) is 0 Å². The number of aryl methyl sites for hydroxylation is 1. The van der Waals surface area contributed by atoms with Crippen LogP contribution in [0.25, 0.3) is 0 Å². The third kappa shape index (κ3) is 3.45. The predicted octanol–water partition coefficient (Wildman–Crippen LogP) is 3.91. The number of carbonyl (C=O) groups is 1. The molecule has 0 fully saturated rings. The minimum absolute atomic E-state index is 0.241. The van der Waals surface area contributed by atoms with Gasteiger partial charge < -0.3 is 10.1 Å². The van der Waals surface area contributed by atoms with E-state index in [1.54, 1.807) is 6.07 Å². The highest BCUT2D eigenvalue weighted by Crippen LogP contribution is 2.27. The van der Waals surface area contributed by atoms with E-state index in [1.165, 1.54) is 6.08 Å². The van der Waals surface area contributed by atoms with Crippen LogP contribution in [-0.2, 0) is 4.79 Å². The lowest BCUT2D eigenvalue weighted by atomic mass is 10.2. The van der Waals surface area contributed by atoms with Crippen molar-refractivity contribution < 1.29 is 9.53 Å². The first-order valence-corrected chi connectivity index (χ1v) is 5.96. The van der Waals surface area contributed by atoms with Gasteiger partial charge in [0, 0.05) is 11.8 Å². The van der Waals surface area contributed by atoms with Crippen LogP contribution in [0.4, 0.5) is 5.69 Å². The largest absolute Gasteiger partial charge is 0.457 e. The second kappa shape index (κ2) is 5.87. The Labute approximate surface area is 112 Å². The number of hydrogen-bond donors (Lipinski definition) is 1. The fourth-order valence-corrected chi connectivity index (χ4v) is 1.60. The minimum Gasteiger partial charge on any atom is -0.457 e. The molecule has 0 aromatic heterocycles. The maximum atomic E-state index is 11.3. The molecule has 0 aliphatic heterocycles. The molecule has 19 heavy (non-hydrogen) atoms. The average Bonchev–Trinajstić information content (AvgIpc) is 2.43. The van der Waals surface area contributed by atoms with E-state index in [1.807, 2.05) is 49.4 Å². The maximum absolute atomic E-state index is 11.3. The standard InChI is InChI=1S/C16H15NO2/c1-3-16(18)17-13-10-9-12(2)15(11-13)19-14-7-5-4-6-8-14/h3-11H,1H2,2H3,(H,17,18). The van der Waals surface area contributed by atoms with Gasteiger partial charge in [-0.25, -0.2) is 0 Å². The summed E-state index contributed by atoms with van der Waals surface area (Å²) < 4.78 is 5.79. The number of carbonyl (C=O) groups excluding carboxylic acids is 1. The maximum Gasteiger partial charge on any atom is 0.247 e. The van der Waals surface area contributed by atoms with Crippen molar-refractivity contribution in [3.8, 4) is 11.5 Å². The molecule has 0 saturated carbocycles. The highest BCUT2D eigenvalue weighted by atomic mass is 16.5. The zero-order chi connectivity index (χ0) is 13.7. The Hall–Kier alpha value is -2.55. The molecule has 0 atom stereocenters. The molecule has 96 valence electrons. The Morgan fingerprint density at radius 1 is 1.21 bits per heavy atom. The van der Waals surface area contributed by atoms with Crippen LogP contribution in [0.15, 0.2) is 61.2 Å². The lowest BCUT2D eigenvalue weighted by Crippen LogP contribution is -2.07. The summed E-state index contributed by atoms with van der Waals surface area (Å²) in [6.45, 7) is 5.38. The molecule has 0 saturated heterocycles. The zero-order valence-corrected chi connectivity index (χ0v) is 10.7. The van der Waals surface area contributed by atoms with E-state index in [4.69, 9.17) is 4.74 Å². The van der Waals surface area contributed by atoms with Gasteiger partial charge in [0.25, 0.3) is 0 Å². The molecule has 3 heteroatoms. The van der Waals surface area contributed by atoms with Gasteiger partial charge in [0.05, 0.1) is 0 Å². The lowest BCUT2D eigenvalue weighted by Gasteiger charge is -2.11. The molecule has 0 aliphatic rings. The van der Waals surface area contributed by atoms with Crippen LogP contribution < -0.4 is 10.1 Å². The van der Waals surface area contributed by atoms with Gasteiger partial charge in [-0.15, -0.1) is 0 Å². The summed E-state index contributed by atoms with van der Waals surface area (Å²) in [6.07, 6.45) is 1.23. The molecule has 2 aromatic rings. The van der Waals surface area contributed by atoms with Crippen LogP contribution in [0.1, 0.15) is 5.56 Å². The van der Waals surface area contributed by atoms with E-state index < -0.39 is 0 Å². The van der Waals surface area contributed by atoms with Crippen LogP contribution >= 0.6 is 0 Å². The van der Waals surface area contributed by atoms with Gasteiger partial charge >= 0.3 is 0 Å². The topological polar surface area (TPSA) is 38.3 Å². The SMILES string of the molecule is C=CC(=O)Nc1ccc(C)c(Oc2ccccc2)c1. The number of nitrogens with one attached hydrogen (secondary N) is 1. The Morgan fingerprint density at radius 3 is 2.63 bits per heavy atom. The average molecular weight is 253 g/mol. The first kappa shape index (κ1) is 12.9. The Balaban J connectivity index is 2.22. The van der Waals surface area contributed by atoms with Crippen molar-refractivity contribution in [1.82, 2.24) is 0 Å². The first-order valence-electron chi connectivity index (χ1n) is 5.96. The molecule has 0 heterocycles.